The highest BCUT2D eigenvalue weighted by molar-refractivity contribution is 5.76. The summed E-state index contributed by atoms with van der Waals surface area (Å²) >= 11 is 0. The van der Waals surface area contributed by atoms with Gasteiger partial charge in [0.2, 0.25) is 5.91 Å². The van der Waals surface area contributed by atoms with Crippen molar-refractivity contribution in [2.45, 2.75) is 90.5 Å². The minimum absolute atomic E-state index is 0.131. The summed E-state index contributed by atoms with van der Waals surface area (Å²) < 4.78 is 2.41. The van der Waals surface area contributed by atoms with E-state index in [9.17, 15) is 4.79 Å². The van der Waals surface area contributed by atoms with Crippen molar-refractivity contribution < 1.29 is 4.79 Å². The molecule has 1 N–H and O–H groups in total. The molecule has 2 aromatic carbocycles. The van der Waals surface area contributed by atoms with E-state index in [1.807, 2.05) is 18.2 Å². The average molecular weight is 448 g/mol. The van der Waals surface area contributed by atoms with E-state index in [-0.39, 0.29) is 5.91 Å². The third kappa shape index (κ3) is 8.68. The van der Waals surface area contributed by atoms with Gasteiger partial charge in [0.15, 0.2) is 0 Å². The Morgan fingerprint density at radius 3 is 2.30 bits per heavy atom. The molecule has 4 nitrogen and oxygen atoms in total. The topological polar surface area (TPSA) is 46.9 Å². The minimum Gasteiger partial charge on any atom is -0.356 e. The molecular weight excluding hydrogens is 406 g/mol. The molecule has 4 heteroatoms. The number of carbonyl (C=O) groups excluding carboxylic acids is 1. The van der Waals surface area contributed by atoms with Gasteiger partial charge in [-0.2, -0.15) is 0 Å². The lowest BCUT2D eigenvalue weighted by Crippen LogP contribution is -2.25. The number of nitrogens with zero attached hydrogens (tertiary/aromatic N) is 2. The number of rotatable bonds is 16. The van der Waals surface area contributed by atoms with E-state index in [1.54, 1.807) is 0 Å². The largest absolute Gasteiger partial charge is 0.356 e. The number of fused-ring (bicyclic) bond motifs is 1. The summed E-state index contributed by atoms with van der Waals surface area (Å²) in [4.78, 5) is 17.1. The summed E-state index contributed by atoms with van der Waals surface area (Å²) in [6, 6.07) is 18.6. The van der Waals surface area contributed by atoms with Gasteiger partial charge in [0.1, 0.15) is 5.82 Å². The number of hydrogen-bond donors (Lipinski definition) is 1. The lowest BCUT2D eigenvalue weighted by molar-refractivity contribution is -0.121. The van der Waals surface area contributed by atoms with E-state index in [0.29, 0.717) is 13.0 Å². The summed E-state index contributed by atoms with van der Waals surface area (Å²) in [5.41, 5.74) is 3.53. The van der Waals surface area contributed by atoms with E-state index in [4.69, 9.17) is 4.98 Å². The third-order valence-corrected chi connectivity index (χ3v) is 6.35. The quantitative estimate of drug-likeness (QED) is 0.244. The Bertz CT molecular complexity index is 948. The summed E-state index contributed by atoms with van der Waals surface area (Å²) in [7, 11) is 0. The maximum absolute atomic E-state index is 12.2. The van der Waals surface area contributed by atoms with Crippen LogP contribution in [0, 0.1) is 0 Å². The van der Waals surface area contributed by atoms with Gasteiger partial charge >= 0.3 is 0 Å². The Morgan fingerprint density at radius 1 is 0.818 bits per heavy atom. The molecule has 0 aliphatic rings. The van der Waals surface area contributed by atoms with Gasteiger partial charge in [-0.1, -0.05) is 94.3 Å². The van der Waals surface area contributed by atoms with Crippen molar-refractivity contribution in [2.24, 2.45) is 0 Å². The van der Waals surface area contributed by atoms with Gasteiger partial charge < -0.3 is 9.88 Å². The second-order valence-electron chi connectivity index (χ2n) is 9.08. The molecule has 1 aromatic heterocycles. The highest BCUT2D eigenvalue weighted by Gasteiger charge is 2.10. The molecular formula is C29H41N3O. The van der Waals surface area contributed by atoms with Gasteiger partial charge in [0.05, 0.1) is 11.0 Å². The predicted octanol–water partition coefficient (Wildman–Crippen LogP) is 6.86. The van der Waals surface area contributed by atoms with Crippen molar-refractivity contribution in [1.82, 2.24) is 14.9 Å². The molecule has 0 aliphatic heterocycles. The first-order chi connectivity index (χ1) is 16.3. The Kier molecular flexibility index (Phi) is 11.0. The molecule has 178 valence electrons. The van der Waals surface area contributed by atoms with Gasteiger partial charge in [0.25, 0.3) is 0 Å². The SMILES string of the molecule is CCCCCCCCCCn1c(CCCNC(=O)CCc2ccccc2)nc2ccccc21. The third-order valence-electron chi connectivity index (χ3n) is 6.35. The standard InChI is InChI=1S/C29H41N3O/c1-2-3-4-5-6-7-8-14-24-32-27-19-13-12-18-26(27)31-28(32)20-15-23-30-29(33)22-21-25-16-10-9-11-17-25/h9-13,16-19H,2-8,14-15,20-24H2,1H3,(H,30,33). The first-order valence-corrected chi connectivity index (χ1v) is 13.0. The van der Waals surface area contributed by atoms with E-state index in [0.717, 1.165) is 37.1 Å². The second kappa shape index (κ2) is 14.5. The monoisotopic (exact) mass is 447 g/mol. The van der Waals surface area contributed by atoms with Crippen molar-refractivity contribution in [3.05, 3.63) is 66.0 Å². The van der Waals surface area contributed by atoms with Gasteiger partial charge in [-0.25, -0.2) is 4.98 Å². The second-order valence-corrected chi connectivity index (χ2v) is 9.08. The zero-order valence-corrected chi connectivity index (χ0v) is 20.4. The summed E-state index contributed by atoms with van der Waals surface area (Å²) in [5, 5.41) is 3.08. The average Bonchev–Trinajstić information content (AvgIpc) is 3.20. The van der Waals surface area contributed by atoms with Gasteiger partial charge in [0, 0.05) is 25.9 Å². The molecule has 0 unspecified atom stereocenters. The van der Waals surface area contributed by atoms with Gasteiger partial charge in [-0.05, 0) is 37.0 Å². The molecule has 0 aliphatic carbocycles. The number of aryl methyl sites for hydroxylation is 3. The molecule has 3 aromatic rings. The lowest BCUT2D eigenvalue weighted by Gasteiger charge is -2.10. The normalized spacial score (nSPS) is 11.2. The Labute approximate surface area is 199 Å². The van der Waals surface area contributed by atoms with Crippen molar-refractivity contribution in [1.29, 1.82) is 0 Å². The van der Waals surface area contributed by atoms with Crippen LogP contribution in [0.2, 0.25) is 0 Å². The van der Waals surface area contributed by atoms with E-state index in [2.05, 4.69) is 53.2 Å². The van der Waals surface area contributed by atoms with E-state index < -0.39 is 0 Å². The van der Waals surface area contributed by atoms with Crippen LogP contribution in [0.3, 0.4) is 0 Å². The first kappa shape index (κ1) is 25.0. The van der Waals surface area contributed by atoms with Crippen LogP contribution < -0.4 is 5.32 Å². The van der Waals surface area contributed by atoms with E-state index in [1.165, 1.54) is 62.4 Å². The zero-order valence-electron chi connectivity index (χ0n) is 20.4. The highest BCUT2D eigenvalue weighted by Crippen LogP contribution is 2.19. The number of hydrogen-bond acceptors (Lipinski definition) is 2. The van der Waals surface area contributed by atoms with Gasteiger partial charge in [-0.15, -0.1) is 0 Å². The summed E-state index contributed by atoms with van der Waals surface area (Å²) in [6.45, 7) is 4.01. The van der Waals surface area contributed by atoms with Crippen LogP contribution in [0.4, 0.5) is 0 Å². The molecule has 3 rings (SSSR count). The van der Waals surface area contributed by atoms with Crippen molar-refractivity contribution in [3.63, 3.8) is 0 Å². The summed E-state index contributed by atoms with van der Waals surface area (Å²) in [6.07, 6.45) is 13.8. The molecule has 0 spiro atoms. The number of benzene rings is 2. The van der Waals surface area contributed by atoms with Crippen LogP contribution in [0.1, 0.15) is 82.5 Å². The molecule has 0 saturated carbocycles. The van der Waals surface area contributed by atoms with Crippen LogP contribution >= 0.6 is 0 Å². The van der Waals surface area contributed by atoms with Crippen molar-refractivity contribution >= 4 is 16.9 Å². The van der Waals surface area contributed by atoms with Crippen LogP contribution in [0.5, 0.6) is 0 Å². The van der Waals surface area contributed by atoms with Crippen molar-refractivity contribution in [2.75, 3.05) is 6.54 Å². The number of amides is 1. The lowest BCUT2D eigenvalue weighted by atomic mass is 10.1. The maximum atomic E-state index is 12.2. The molecule has 1 heterocycles. The smallest absolute Gasteiger partial charge is 0.220 e. The number of aromatic nitrogens is 2. The maximum Gasteiger partial charge on any atom is 0.220 e. The number of unbranched alkanes of at least 4 members (excludes halogenated alkanes) is 7. The molecule has 33 heavy (non-hydrogen) atoms. The highest BCUT2D eigenvalue weighted by atomic mass is 16.1. The molecule has 1 amide bonds. The zero-order chi connectivity index (χ0) is 23.1. The van der Waals surface area contributed by atoms with E-state index >= 15 is 0 Å². The minimum atomic E-state index is 0.131. The Balaban J connectivity index is 1.41. The fourth-order valence-corrected chi connectivity index (χ4v) is 4.43. The number of imidazole rings is 1. The molecule has 0 bridgehead atoms. The number of para-hydroxylation sites is 2. The van der Waals surface area contributed by atoms with Gasteiger partial charge in [-0.3, -0.25) is 4.79 Å². The number of carbonyl (C=O) groups is 1. The van der Waals surface area contributed by atoms with Crippen LogP contribution in [0.15, 0.2) is 54.6 Å². The number of nitrogens with one attached hydrogen (secondary N) is 1. The van der Waals surface area contributed by atoms with Crippen LogP contribution in [-0.2, 0) is 24.2 Å². The Morgan fingerprint density at radius 2 is 1.52 bits per heavy atom. The van der Waals surface area contributed by atoms with Crippen LogP contribution in [0.25, 0.3) is 11.0 Å². The van der Waals surface area contributed by atoms with Crippen LogP contribution in [-0.4, -0.2) is 22.0 Å². The molecule has 0 atom stereocenters. The Hall–Kier alpha value is -2.62. The fraction of sp³-hybridized carbons (Fsp3) is 0.517. The predicted molar refractivity (Wildman–Crippen MR) is 138 cm³/mol. The first-order valence-electron chi connectivity index (χ1n) is 13.0. The summed E-state index contributed by atoms with van der Waals surface area (Å²) in [5.74, 6) is 1.28. The fourth-order valence-electron chi connectivity index (χ4n) is 4.43. The molecule has 0 fully saturated rings. The molecule has 0 saturated heterocycles. The molecule has 0 radical (unpaired) electrons. The van der Waals surface area contributed by atoms with Crippen molar-refractivity contribution in [3.8, 4) is 0 Å².